The fourth-order valence-electron chi connectivity index (χ4n) is 1.48. The number of aryl methyl sites for hydroxylation is 1. The molecular weight excluding hydrogens is 230 g/mol. The Kier molecular flexibility index (Phi) is 2.36. The van der Waals surface area contributed by atoms with Gasteiger partial charge in [-0.3, -0.25) is 4.79 Å². The molecule has 0 radical (unpaired) electrons. The van der Waals surface area contributed by atoms with Gasteiger partial charge in [0.05, 0.1) is 4.83 Å². The summed E-state index contributed by atoms with van der Waals surface area (Å²) in [6, 6.07) is 7.94. The molecular formula is C10H10BrNO. The van der Waals surface area contributed by atoms with Crippen molar-refractivity contribution in [2.75, 3.05) is 5.32 Å². The van der Waals surface area contributed by atoms with Crippen molar-refractivity contribution in [3.05, 3.63) is 29.8 Å². The standard InChI is InChI=1S/C10H10BrNO/c11-8-6-5-7-3-1-2-4-9(7)12-10(8)13/h1-4,8H,5-6H2,(H,12,13)/t8-/m1/s1. The summed E-state index contributed by atoms with van der Waals surface area (Å²) in [4.78, 5) is 11.4. The normalized spacial score (nSPS) is 21.6. The van der Waals surface area contributed by atoms with E-state index in [2.05, 4.69) is 27.3 Å². The number of anilines is 1. The van der Waals surface area contributed by atoms with E-state index < -0.39 is 0 Å². The molecule has 0 saturated carbocycles. The Morgan fingerprint density at radius 1 is 1.38 bits per heavy atom. The molecule has 1 atom stereocenters. The van der Waals surface area contributed by atoms with Gasteiger partial charge in [-0.15, -0.1) is 0 Å². The largest absolute Gasteiger partial charge is 0.325 e. The third kappa shape index (κ3) is 1.75. The number of benzene rings is 1. The Balaban J connectivity index is 2.35. The van der Waals surface area contributed by atoms with Crippen LogP contribution >= 0.6 is 15.9 Å². The number of rotatable bonds is 0. The minimum atomic E-state index is -0.0556. The lowest BCUT2D eigenvalue weighted by atomic mass is 10.1. The van der Waals surface area contributed by atoms with Crippen LogP contribution in [0.5, 0.6) is 0 Å². The molecule has 1 heterocycles. The van der Waals surface area contributed by atoms with Crippen LogP contribution in [0.4, 0.5) is 5.69 Å². The molecule has 0 saturated heterocycles. The molecule has 0 aromatic heterocycles. The zero-order valence-corrected chi connectivity index (χ0v) is 8.67. The molecule has 0 unspecified atom stereocenters. The monoisotopic (exact) mass is 239 g/mol. The highest BCUT2D eigenvalue weighted by atomic mass is 79.9. The van der Waals surface area contributed by atoms with Gasteiger partial charge in [-0.1, -0.05) is 34.1 Å². The van der Waals surface area contributed by atoms with Crippen molar-refractivity contribution >= 4 is 27.5 Å². The van der Waals surface area contributed by atoms with Crippen LogP contribution in [0.2, 0.25) is 0 Å². The Labute approximate surface area is 85.5 Å². The summed E-state index contributed by atoms with van der Waals surface area (Å²) in [5.74, 6) is 0.0601. The van der Waals surface area contributed by atoms with Gasteiger partial charge in [0.1, 0.15) is 0 Å². The van der Waals surface area contributed by atoms with Crippen molar-refractivity contribution in [2.45, 2.75) is 17.7 Å². The van der Waals surface area contributed by atoms with Gasteiger partial charge in [-0.05, 0) is 24.5 Å². The van der Waals surface area contributed by atoms with Crippen LogP contribution < -0.4 is 5.32 Å². The molecule has 1 aliphatic rings. The number of hydrogen-bond donors (Lipinski definition) is 1. The quantitative estimate of drug-likeness (QED) is 0.693. The van der Waals surface area contributed by atoms with Crippen molar-refractivity contribution in [3.8, 4) is 0 Å². The van der Waals surface area contributed by atoms with E-state index in [9.17, 15) is 4.79 Å². The van der Waals surface area contributed by atoms with E-state index in [0.29, 0.717) is 0 Å². The highest BCUT2D eigenvalue weighted by Gasteiger charge is 2.19. The second-order valence-electron chi connectivity index (χ2n) is 3.15. The highest BCUT2D eigenvalue weighted by Crippen LogP contribution is 2.23. The van der Waals surface area contributed by atoms with Crippen LogP contribution in [0.15, 0.2) is 24.3 Å². The predicted octanol–water partition coefficient (Wildman–Crippen LogP) is 2.33. The first-order chi connectivity index (χ1) is 6.27. The van der Waals surface area contributed by atoms with Crippen LogP contribution in [0.1, 0.15) is 12.0 Å². The van der Waals surface area contributed by atoms with E-state index in [-0.39, 0.29) is 10.7 Å². The average molecular weight is 240 g/mol. The summed E-state index contributed by atoms with van der Waals surface area (Å²) < 4.78 is 0. The van der Waals surface area contributed by atoms with Gasteiger partial charge in [0.2, 0.25) is 5.91 Å². The minimum Gasteiger partial charge on any atom is -0.325 e. The average Bonchev–Trinajstić information content (AvgIpc) is 2.28. The van der Waals surface area contributed by atoms with Crippen molar-refractivity contribution in [2.24, 2.45) is 0 Å². The summed E-state index contributed by atoms with van der Waals surface area (Å²) in [5, 5.41) is 2.89. The maximum Gasteiger partial charge on any atom is 0.238 e. The maximum atomic E-state index is 11.4. The first-order valence-electron chi connectivity index (χ1n) is 4.30. The summed E-state index contributed by atoms with van der Waals surface area (Å²) >= 11 is 3.35. The molecule has 1 N–H and O–H groups in total. The zero-order chi connectivity index (χ0) is 9.26. The molecule has 1 aromatic rings. The van der Waals surface area contributed by atoms with Crippen molar-refractivity contribution in [1.29, 1.82) is 0 Å². The fourth-order valence-corrected chi connectivity index (χ4v) is 1.83. The van der Waals surface area contributed by atoms with Crippen molar-refractivity contribution < 1.29 is 4.79 Å². The van der Waals surface area contributed by atoms with E-state index in [0.717, 1.165) is 18.5 Å². The maximum absolute atomic E-state index is 11.4. The zero-order valence-electron chi connectivity index (χ0n) is 7.09. The van der Waals surface area contributed by atoms with Crippen LogP contribution in [0, 0.1) is 0 Å². The van der Waals surface area contributed by atoms with Crippen molar-refractivity contribution in [1.82, 2.24) is 0 Å². The molecule has 0 aliphatic carbocycles. The summed E-state index contributed by atoms with van der Waals surface area (Å²) in [6.07, 6.45) is 1.81. The number of para-hydroxylation sites is 1. The van der Waals surface area contributed by atoms with E-state index in [1.54, 1.807) is 0 Å². The molecule has 2 nitrogen and oxygen atoms in total. The molecule has 13 heavy (non-hydrogen) atoms. The van der Waals surface area contributed by atoms with Crippen LogP contribution in [0.25, 0.3) is 0 Å². The highest BCUT2D eigenvalue weighted by molar-refractivity contribution is 9.10. The summed E-state index contributed by atoms with van der Waals surface area (Å²) in [7, 11) is 0. The van der Waals surface area contributed by atoms with Gasteiger partial charge in [-0.2, -0.15) is 0 Å². The van der Waals surface area contributed by atoms with Crippen LogP contribution in [-0.2, 0) is 11.2 Å². The first-order valence-corrected chi connectivity index (χ1v) is 5.22. The van der Waals surface area contributed by atoms with E-state index >= 15 is 0 Å². The number of carbonyl (C=O) groups excluding carboxylic acids is 1. The topological polar surface area (TPSA) is 29.1 Å². The van der Waals surface area contributed by atoms with Crippen LogP contribution in [0.3, 0.4) is 0 Å². The lowest BCUT2D eigenvalue weighted by Crippen LogP contribution is -2.20. The minimum absolute atomic E-state index is 0.0556. The van der Waals surface area contributed by atoms with E-state index in [4.69, 9.17) is 0 Å². The molecule has 1 amide bonds. The lowest BCUT2D eigenvalue weighted by Gasteiger charge is -2.05. The predicted molar refractivity (Wildman–Crippen MR) is 56.1 cm³/mol. The van der Waals surface area contributed by atoms with Gasteiger partial charge < -0.3 is 5.32 Å². The molecule has 1 aromatic carbocycles. The Bertz CT molecular complexity index is 337. The third-order valence-electron chi connectivity index (χ3n) is 2.23. The number of halogens is 1. The Morgan fingerprint density at radius 2 is 2.15 bits per heavy atom. The smallest absolute Gasteiger partial charge is 0.238 e. The number of carbonyl (C=O) groups is 1. The SMILES string of the molecule is O=C1Nc2ccccc2CC[C@H]1Br. The Hall–Kier alpha value is -0.830. The molecule has 0 fully saturated rings. The van der Waals surface area contributed by atoms with Gasteiger partial charge >= 0.3 is 0 Å². The molecule has 3 heteroatoms. The molecule has 68 valence electrons. The summed E-state index contributed by atoms with van der Waals surface area (Å²) in [6.45, 7) is 0. The van der Waals surface area contributed by atoms with Gasteiger partial charge in [-0.25, -0.2) is 0 Å². The van der Waals surface area contributed by atoms with Gasteiger partial charge in [0.15, 0.2) is 0 Å². The van der Waals surface area contributed by atoms with E-state index in [1.807, 2.05) is 18.2 Å². The molecule has 1 aliphatic heterocycles. The van der Waals surface area contributed by atoms with Crippen LogP contribution in [-0.4, -0.2) is 10.7 Å². The van der Waals surface area contributed by atoms with Gasteiger partial charge in [0.25, 0.3) is 0 Å². The third-order valence-corrected chi connectivity index (χ3v) is 3.10. The number of fused-ring (bicyclic) bond motifs is 1. The second-order valence-corrected chi connectivity index (χ2v) is 4.26. The van der Waals surface area contributed by atoms with E-state index in [1.165, 1.54) is 5.56 Å². The number of alkyl halides is 1. The Morgan fingerprint density at radius 3 is 3.00 bits per heavy atom. The molecule has 0 bridgehead atoms. The summed E-state index contributed by atoms with van der Waals surface area (Å²) in [5.41, 5.74) is 2.17. The van der Waals surface area contributed by atoms with Crippen molar-refractivity contribution in [3.63, 3.8) is 0 Å². The second kappa shape index (κ2) is 3.50. The number of amides is 1. The number of hydrogen-bond acceptors (Lipinski definition) is 1. The first kappa shape index (κ1) is 8.75. The molecule has 2 rings (SSSR count). The number of nitrogens with one attached hydrogen (secondary N) is 1. The fraction of sp³-hybridized carbons (Fsp3) is 0.300. The molecule has 0 spiro atoms. The van der Waals surface area contributed by atoms with Gasteiger partial charge in [0, 0.05) is 5.69 Å². The lowest BCUT2D eigenvalue weighted by molar-refractivity contribution is -0.115.